The van der Waals surface area contributed by atoms with Gasteiger partial charge in [-0.25, -0.2) is 14.6 Å². The van der Waals surface area contributed by atoms with E-state index in [0.717, 1.165) is 0 Å². The van der Waals surface area contributed by atoms with Crippen LogP contribution in [0.4, 0.5) is 5.69 Å². The van der Waals surface area contributed by atoms with E-state index in [4.69, 9.17) is 15.3 Å². The largest absolute Gasteiger partial charge is 0.506 e. The van der Waals surface area contributed by atoms with E-state index in [1.807, 2.05) is 0 Å². The Balaban J connectivity index is 0.000000190. The number of aromatic hydroxyl groups is 1. The van der Waals surface area contributed by atoms with Crippen molar-refractivity contribution < 1.29 is 28.6 Å². The molecule has 0 unspecified atom stereocenters. The van der Waals surface area contributed by atoms with Crippen molar-refractivity contribution >= 4 is 28.7 Å². The number of benzene rings is 2. The Hall–Kier alpha value is -3.55. The third kappa shape index (κ3) is 3.92. The zero-order valence-corrected chi connectivity index (χ0v) is 14.5. The van der Waals surface area contributed by atoms with E-state index in [-0.39, 0.29) is 17.0 Å². The Morgan fingerprint density at radius 2 is 1.62 bits per heavy atom. The van der Waals surface area contributed by atoms with Crippen molar-refractivity contribution in [3.63, 3.8) is 0 Å². The highest BCUT2D eigenvalue weighted by Crippen LogP contribution is 2.23. The lowest BCUT2D eigenvalue weighted by atomic mass is 10.2. The molecule has 0 fully saturated rings. The van der Waals surface area contributed by atoms with Gasteiger partial charge >= 0.3 is 11.9 Å². The number of phenolic OH excluding ortho intramolecular Hbond substituents is 1. The summed E-state index contributed by atoms with van der Waals surface area (Å²) >= 11 is 0. The highest BCUT2D eigenvalue weighted by molar-refractivity contribution is 6.01. The Labute approximate surface area is 149 Å². The number of aryl methyl sites for hydroxylation is 1. The van der Waals surface area contributed by atoms with Crippen LogP contribution in [0.3, 0.4) is 0 Å². The number of methoxy groups -OCH3 is 2. The number of carbonyl (C=O) groups is 2. The van der Waals surface area contributed by atoms with Crippen molar-refractivity contribution in [3.8, 4) is 5.75 Å². The lowest BCUT2D eigenvalue weighted by Crippen LogP contribution is -2.05. The maximum Gasteiger partial charge on any atom is 0.340 e. The minimum Gasteiger partial charge on any atom is -0.506 e. The summed E-state index contributed by atoms with van der Waals surface area (Å²) < 4.78 is 14.4. The zero-order valence-electron chi connectivity index (χ0n) is 14.5. The van der Waals surface area contributed by atoms with Crippen LogP contribution in [-0.4, -0.2) is 36.2 Å². The van der Waals surface area contributed by atoms with E-state index in [9.17, 15) is 9.59 Å². The Morgan fingerprint density at radius 3 is 2.27 bits per heavy atom. The fourth-order valence-electron chi connectivity index (χ4n) is 2.18. The van der Waals surface area contributed by atoms with Crippen molar-refractivity contribution in [1.82, 2.24) is 4.98 Å². The van der Waals surface area contributed by atoms with Crippen molar-refractivity contribution in [2.24, 2.45) is 0 Å². The van der Waals surface area contributed by atoms with Crippen LogP contribution in [-0.2, 0) is 9.47 Å². The Morgan fingerprint density at radius 1 is 1.04 bits per heavy atom. The average Bonchev–Trinajstić information content (AvgIpc) is 3.03. The van der Waals surface area contributed by atoms with Crippen molar-refractivity contribution in [2.45, 2.75) is 6.92 Å². The van der Waals surface area contributed by atoms with E-state index in [0.29, 0.717) is 22.6 Å². The summed E-state index contributed by atoms with van der Waals surface area (Å²) in [6, 6.07) is 9.58. The number of anilines is 1. The number of rotatable bonds is 2. The van der Waals surface area contributed by atoms with Gasteiger partial charge < -0.3 is 24.7 Å². The second kappa shape index (κ2) is 8.02. The van der Waals surface area contributed by atoms with Crippen molar-refractivity contribution in [1.29, 1.82) is 0 Å². The molecule has 2 aromatic carbocycles. The molecule has 8 nitrogen and oxygen atoms in total. The molecule has 3 rings (SSSR count). The van der Waals surface area contributed by atoms with Crippen LogP contribution in [0.25, 0.3) is 11.1 Å². The molecule has 0 amide bonds. The molecule has 3 aromatic rings. The van der Waals surface area contributed by atoms with Gasteiger partial charge in [-0.05, 0) is 24.3 Å². The van der Waals surface area contributed by atoms with E-state index in [1.165, 1.54) is 32.4 Å². The molecule has 136 valence electrons. The van der Waals surface area contributed by atoms with Gasteiger partial charge in [0.05, 0.1) is 31.0 Å². The van der Waals surface area contributed by atoms with E-state index < -0.39 is 11.9 Å². The maximum absolute atomic E-state index is 11.3. The number of aromatic nitrogens is 1. The molecular formula is C18H18N2O6. The lowest BCUT2D eigenvalue weighted by Gasteiger charge is -2.03. The third-order valence-electron chi connectivity index (χ3n) is 3.42. The maximum atomic E-state index is 11.3. The normalized spacial score (nSPS) is 9.96. The van der Waals surface area contributed by atoms with Crippen LogP contribution in [0, 0.1) is 6.92 Å². The molecule has 26 heavy (non-hydrogen) atoms. The highest BCUT2D eigenvalue weighted by Gasteiger charge is 2.14. The lowest BCUT2D eigenvalue weighted by molar-refractivity contribution is 0.0593. The summed E-state index contributed by atoms with van der Waals surface area (Å²) in [5.74, 6) is -0.526. The Bertz CT molecular complexity index is 948. The second-order valence-corrected chi connectivity index (χ2v) is 5.11. The first kappa shape index (κ1) is 18.8. The molecule has 0 saturated heterocycles. The molecule has 3 N–H and O–H groups in total. The molecule has 0 aliphatic carbocycles. The van der Waals surface area contributed by atoms with Crippen LogP contribution in [0.15, 0.2) is 40.8 Å². The van der Waals surface area contributed by atoms with Gasteiger partial charge in [-0.1, -0.05) is 12.1 Å². The number of oxazole rings is 1. The van der Waals surface area contributed by atoms with Gasteiger partial charge in [0.15, 0.2) is 11.5 Å². The summed E-state index contributed by atoms with van der Waals surface area (Å²) in [6.07, 6.45) is 0. The first-order valence-corrected chi connectivity index (χ1v) is 7.49. The summed E-state index contributed by atoms with van der Waals surface area (Å²) in [7, 11) is 2.60. The standard InChI is InChI=1S/C10H9NO3.C8H9NO3/c1-6-11-9-7(10(12)13-2)4-3-5-8(9)14-6;1-12-8(11)5-3-2-4-6(10)7(5)9/h3-5H,1-2H3;2-4,10H,9H2,1H3. The number of para-hydroxylation sites is 2. The average molecular weight is 358 g/mol. The quantitative estimate of drug-likeness (QED) is 0.407. The van der Waals surface area contributed by atoms with Gasteiger partial charge in [0, 0.05) is 6.92 Å². The van der Waals surface area contributed by atoms with E-state index >= 15 is 0 Å². The summed E-state index contributed by atoms with van der Waals surface area (Å²) in [5.41, 5.74) is 7.22. The van der Waals surface area contributed by atoms with E-state index in [2.05, 4.69) is 14.5 Å². The predicted molar refractivity (Wildman–Crippen MR) is 93.9 cm³/mol. The van der Waals surface area contributed by atoms with Crippen molar-refractivity contribution in [3.05, 3.63) is 53.4 Å². The molecule has 8 heteroatoms. The van der Waals surface area contributed by atoms with Gasteiger partial charge in [-0.15, -0.1) is 0 Å². The van der Waals surface area contributed by atoms with Crippen molar-refractivity contribution in [2.75, 3.05) is 20.0 Å². The van der Waals surface area contributed by atoms with Gasteiger partial charge in [0.2, 0.25) is 0 Å². The second-order valence-electron chi connectivity index (χ2n) is 5.11. The number of esters is 2. The van der Waals surface area contributed by atoms with Gasteiger partial charge in [-0.2, -0.15) is 0 Å². The monoisotopic (exact) mass is 358 g/mol. The van der Waals surface area contributed by atoms with Gasteiger partial charge in [0.25, 0.3) is 0 Å². The smallest absolute Gasteiger partial charge is 0.340 e. The minimum absolute atomic E-state index is 0.0457. The highest BCUT2D eigenvalue weighted by atomic mass is 16.5. The molecule has 0 radical (unpaired) electrons. The fraction of sp³-hybridized carbons (Fsp3) is 0.167. The number of nitrogens with zero attached hydrogens (tertiary/aromatic N) is 1. The van der Waals surface area contributed by atoms with Crippen LogP contribution in [0.1, 0.15) is 26.6 Å². The summed E-state index contributed by atoms with van der Waals surface area (Å²) in [5, 5.41) is 9.11. The molecule has 0 spiro atoms. The number of nitrogen functional groups attached to an aromatic ring is 1. The first-order valence-electron chi connectivity index (χ1n) is 7.49. The SMILES string of the molecule is COC(=O)c1cccc(O)c1N.COC(=O)c1cccc2oc(C)nc12. The molecule has 0 atom stereocenters. The van der Waals surface area contributed by atoms with Crippen LogP contribution >= 0.6 is 0 Å². The Kier molecular flexibility index (Phi) is 5.79. The van der Waals surface area contributed by atoms with Crippen LogP contribution < -0.4 is 5.73 Å². The number of carbonyl (C=O) groups excluding carboxylic acids is 2. The summed E-state index contributed by atoms with van der Waals surface area (Å²) in [6.45, 7) is 1.74. The minimum atomic E-state index is -0.552. The predicted octanol–water partition coefficient (Wildman–Crippen LogP) is 2.68. The number of nitrogens with two attached hydrogens (primary N) is 1. The first-order chi connectivity index (χ1) is 12.4. The number of hydrogen-bond donors (Lipinski definition) is 2. The number of fused-ring (bicyclic) bond motifs is 1. The fourth-order valence-corrected chi connectivity index (χ4v) is 2.18. The van der Waals surface area contributed by atoms with E-state index in [1.54, 1.807) is 25.1 Å². The van der Waals surface area contributed by atoms with Gasteiger partial charge in [0.1, 0.15) is 11.3 Å². The molecule has 1 heterocycles. The molecule has 0 bridgehead atoms. The molecule has 0 aliphatic rings. The number of ether oxygens (including phenoxy) is 2. The number of hydrogen-bond acceptors (Lipinski definition) is 8. The third-order valence-corrected chi connectivity index (χ3v) is 3.42. The van der Waals surface area contributed by atoms with Gasteiger partial charge in [-0.3, -0.25) is 0 Å². The summed E-state index contributed by atoms with van der Waals surface area (Å²) in [4.78, 5) is 26.4. The number of phenols is 1. The molecular weight excluding hydrogens is 340 g/mol. The van der Waals surface area contributed by atoms with Crippen LogP contribution in [0.5, 0.6) is 5.75 Å². The topological polar surface area (TPSA) is 125 Å². The molecule has 1 aromatic heterocycles. The van der Waals surface area contributed by atoms with Crippen LogP contribution in [0.2, 0.25) is 0 Å². The molecule has 0 aliphatic heterocycles. The molecule has 0 saturated carbocycles. The zero-order chi connectivity index (χ0) is 19.3.